The first-order valence-electron chi connectivity index (χ1n) is 8.95. The molecule has 1 saturated heterocycles. The Morgan fingerprint density at radius 1 is 1.44 bits per heavy atom. The molecule has 27 heavy (non-hydrogen) atoms. The van der Waals surface area contributed by atoms with E-state index in [0.29, 0.717) is 36.3 Å². The number of rotatable bonds is 9. The summed E-state index contributed by atoms with van der Waals surface area (Å²) in [6.45, 7) is 3.69. The molecule has 1 aromatic rings. The summed E-state index contributed by atoms with van der Waals surface area (Å²) in [5.74, 6) is 0.617. The Morgan fingerprint density at radius 3 is 2.93 bits per heavy atom. The maximum absolute atomic E-state index is 12.6. The first kappa shape index (κ1) is 21.7. The minimum absolute atomic E-state index is 0.0135. The lowest BCUT2D eigenvalue weighted by Crippen LogP contribution is -2.44. The lowest BCUT2D eigenvalue weighted by molar-refractivity contribution is -0.0504. The smallest absolute Gasteiger partial charge is 0.387 e. The molecule has 1 heterocycles. The Labute approximate surface area is 163 Å². The van der Waals surface area contributed by atoms with Crippen LogP contribution in [-0.2, 0) is 16.0 Å². The van der Waals surface area contributed by atoms with Gasteiger partial charge in [-0.1, -0.05) is 11.6 Å². The molecule has 2 N–H and O–H groups in total. The van der Waals surface area contributed by atoms with Gasteiger partial charge in [0.1, 0.15) is 5.75 Å². The van der Waals surface area contributed by atoms with Crippen molar-refractivity contribution < 1.29 is 23.0 Å². The van der Waals surface area contributed by atoms with Gasteiger partial charge in [0.25, 0.3) is 0 Å². The van der Waals surface area contributed by atoms with Gasteiger partial charge in [-0.05, 0) is 38.5 Å². The predicted octanol–water partition coefficient (Wildman–Crippen LogP) is 3.19. The van der Waals surface area contributed by atoms with E-state index in [1.165, 1.54) is 12.1 Å². The van der Waals surface area contributed by atoms with Gasteiger partial charge >= 0.3 is 6.61 Å². The van der Waals surface area contributed by atoms with E-state index in [1.54, 1.807) is 6.07 Å². The molecule has 1 aromatic carbocycles. The van der Waals surface area contributed by atoms with Crippen molar-refractivity contribution in [1.29, 1.82) is 0 Å². The summed E-state index contributed by atoms with van der Waals surface area (Å²) in [6.07, 6.45) is 1.04. The van der Waals surface area contributed by atoms with Gasteiger partial charge in [0.05, 0.1) is 25.9 Å². The molecular formula is C18H26ClF2N3O3. The highest BCUT2D eigenvalue weighted by Crippen LogP contribution is 2.25. The van der Waals surface area contributed by atoms with Gasteiger partial charge in [-0.15, -0.1) is 0 Å². The molecule has 152 valence electrons. The highest BCUT2D eigenvalue weighted by molar-refractivity contribution is 6.30. The molecule has 0 saturated carbocycles. The summed E-state index contributed by atoms with van der Waals surface area (Å²) in [5.41, 5.74) is 0.479. The van der Waals surface area contributed by atoms with Gasteiger partial charge in [0, 0.05) is 29.8 Å². The van der Waals surface area contributed by atoms with Crippen LogP contribution in [0.25, 0.3) is 0 Å². The summed E-state index contributed by atoms with van der Waals surface area (Å²) in [4.78, 5) is 4.44. The SMILES string of the molecule is CCNC(=NCc1cc(Cl)ccc1OC(F)F)NC(C)COC1CCOC1. The number of nitrogens with zero attached hydrogens (tertiary/aromatic N) is 1. The second-order valence-corrected chi connectivity index (χ2v) is 6.63. The zero-order valence-electron chi connectivity index (χ0n) is 15.5. The van der Waals surface area contributed by atoms with E-state index < -0.39 is 6.61 Å². The molecular weight excluding hydrogens is 380 g/mol. The molecule has 0 aliphatic carbocycles. The Hall–Kier alpha value is -1.64. The third-order valence-corrected chi connectivity index (χ3v) is 4.08. The van der Waals surface area contributed by atoms with Crippen molar-refractivity contribution in [2.75, 3.05) is 26.4 Å². The fraction of sp³-hybridized carbons (Fsp3) is 0.611. The average molecular weight is 406 g/mol. The highest BCUT2D eigenvalue weighted by atomic mass is 35.5. The van der Waals surface area contributed by atoms with Crippen LogP contribution < -0.4 is 15.4 Å². The molecule has 6 nitrogen and oxygen atoms in total. The molecule has 2 rings (SSSR count). The Morgan fingerprint density at radius 2 is 2.26 bits per heavy atom. The maximum Gasteiger partial charge on any atom is 0.387 e. The Bertz CT molecular complexity index is 614. The molecule has 9 heteroatoms. The van der Waals surface area contributed by atoms with Gasteiger partial charge in [0.2, 0.25) is 0 Å². The van der Waals surface area contributed by atoms with Crippen molar-refractivity contribution in [2.24, 2.45) is 4.99 Å². The van der Waals surface area contributed by atoms with E-state index in [9.17, 15) is 8.78 Å². The number of benzene rings is 1. The molecule has 0 aromatic heterocycles. The summed E-state index contributed by atoms with van der Waals surface area (Å²) >= 11 is 5.97. The fourth-order valence-electron chi connectivity index (χ4n) is 2.57. The second kappa shape index (κ2) is 11.3. The van der Waals surface area contributed by atoms with Gasteiger partial charge in [-0.2, -0.15) is 8.78 Å². The normalized spacial score (nSPS) is 18.6. The minimum atomic E-state index is -2.91. The van der Waals surface area contributed by atoms with Crippen LogP contribution in [0, 0.1) is 0 Å². The molecule has 1 fully saturated rings. The quantitative estimate of drug-likeness (QED) is 0.488. The molecule has 1 aliphatic rings. The summed E-state index contributed by atoms with van der Waals surface area (Å²) < 4.78 is 40.8. The number of nitrogens with one attached hydrogen (secondary N) is 2. The first-order chi connectivity index (χ1) is 13.0. The van der Waals surface area contributed by atoms with Crippen molar-refractivity contribution in [2.45, 2.75) is 45.6 Å². The number of ether oxygens (including phenoxy) is 3. The van der Waals surface area contributed by atoms with Crippen molar-refractivity contribution in [3.05, 3.63) is 28.8 Å². The Balaban J connectivity index is 1.96. The zero-order valence-corrected chi connectivity index (χ0v) is 16.3. The van der Waals surface area contributed by atoms with E-state index in [4.69, 9.17) is 21.1 Å². The van der Waals surface area contributed by atoms with Crippen LogP contribution in [0.1, 0.15) is 25.8 Å². The number of hydrogen-bond donors (Lipinski definition) is 2. The van der Waals surface area contributed by atoms with Crippen molar-refractivity contribution in [3.63, 3.8) is 0 Å². The van der Waals surface area contributed by atoms with E-state index in [1.807, 2.05) is 13.8 Å². The highest BCUT2D eigenvalue weighted by Gasteiger charge is 2.17. The van der Waals surface area contributed by atoms with Crippen LogP contribution in [-0.4, -0.2) is 51.1 Å². The number of aliphatic imine (C=N–C) groups is 1. The third kappa shape index (κ3) is 7.86. The largest absolute Gasteiger partial charge is 0.434 e. The van der Waals surface area contributed by atoms with Gasteiger partial charge in [-0.3, -0.25) is 0 Å². The lowest BCUT2D eigenvalue weighted by atomic mass is 10.2. The summed E-state index contributed by atoms with van der Waals surface area (Å²) in [7, 11) is 0. The Kier molecular flexibility index (Phi) is 9.03. The van der Waals surface area contributed by atoms with Crippen molar-refractivity contribution in [3.8, 4) is 5.75 Å². The molecule has 0 amide bonds. The third-order valence-electron chi connectivity index (χ3n) is 3.84. The van der Waals surface area contributed by atoms with E-state index in [0.717, 1.165) is 13.0 Å². The van der Waals surface area contributed by atoms with Crippen molar-refractivity contribution >= 4 is 17.6 Å². The van der Waals surface area contributed by atoms with Gasteiger partial charge in [0.15, 0.2) is 5.96 Å². The number of alkyl halides is 2. The van der Waals surface area contributed by atoms with E-state index in [2.05, 4.69) is 20.4 Å². The monoisotopic (exact) mass is 405 g/mol. The minimum Gasteiger partial charge on any atom is -0.434 e. The van der Waals surface area contributed by atoms with Crippen LogP contribution in [0.5, 0.6) is 5.75 Å². The predicted molar refractivity (Wildman–Crippen MR) is 101 cm³/mol. The van der Waals surface area contributed by atoms with Crippen molar-refractivity contribution in [1.82, 2.24) is 10.6 Å². The number of hydrogen-bond acceptors (Lipinski definition) is 4. The molecule has 1 aliphatic heterocycles. The summed E-state index contributed by atoms with van der Waals surface area (Å²) in [6, 6.07) is 4.50. The molecule has 0 radical (unpaired) electrons. The molecule has 0 bridgehead atoms. The zero-order chi connectivity index (χ0) is 19.6. The van der Waals surface area contributed by atoms with Crippen LogP contribution in [0.3, 0.4) is 0 Å². The van der Waals surface area contributed by atoms with Crippen LogP contribution in [0.2, 0.25) is 5.02 Å². The lowest BCUT2D eigenvalue weighted by Gasteiger charge is -2.20. The number of halogens is 3. The van der Waals surface area contributed by atoms with Crippen LogP contribution >= 0.6 is 11.6 Å². The van der Waals surface area contributed by atoms with Gasteiger partial charge < -0.3 is 24.8 Å². The maximum atomic E-state index is 12.6. The topological polar surface area (TPSA) is 64.1 Å². The second-order valence-electron chi connectivity index (χ2n) is 6.19. The van der Waals surface area contributed by atoms with E-state index >= 15 is 0 Å². The standard InChI is InChI=1S/C18H26ClF2N3O3/c1-3-22-18(24-12(2)10-26-15-6-7-25-11-15)23-9-13-8-14(19)4-5-16(13)27-17(20)21/h4-5,8,12,15,17H,3,6-7,9-11H2,1-2H3,(H2,22,23,24). The molecule has 2 atom stereocenters. The molecule has 2 unspecified atom stereocenters. The van der Waals surface area contributed by atoms with Gasteiger partial charge in [-0.25, -0.2) is 4.99 Å². The average Bonchev–Trinajstić information content (AvgIpc) is 3.13. The fourth-order valence-corrected chi connectivity index (χ4v) is 2.76. The van der Waals surface area contributed by atoms with Crippen LogP contribution in [0.15, 0.2) is 23.2 Å². The molecule has 0 spiro atoms. The number of guanidine groups is 1. The first-order valence-corrected chi connectivity index (χ1v) is 9.33. The van der Waals surface area contributed by atoms with E-state index in [-0.39, 0.29) is 24.4 Å². The van der Waals surface area contributed by atoms with Crippen LogP contribution in [0.4, 0.5) is 8.78 Å². The summed E-state index contributed by atoms with van der Waals surface area (Å²) in [5, 5.41) is 6.79.